The van der Waals surface area contributed by atoms with Crippen LogP contribution in [0.25, 0.3) is 0 Å². The van der Waals surface area contributed by atoms with Crippen LogP contribution in [0.2, 0.25) is 0 Å². The minimum absolute atomic E-state index is 0.0511. The largest absolute Gasteiger partial charge is 0.497 e. The van der Waals surface area contributed by atoms with E-state index < -0.39 is 34.4 Å². The van der Waals surface area contributed by atoms with Gasteiger partial charge >= 0.3 is 0 Å². The van der Waals surface area contributed by atoms with Crippen LogP contribution >= 0.6 is 0 Å². The first-order valence-corrected chi connectivity index (χ1v) is 13.9. The molecule has 0 heterocycles. The zero-order valence-electron chi connectivity index (χ0n) is 22.2. The number of nitrogens with zero attached hydrogens (tertiary/aromatic N) is 1. The number of methoxy groups -OCH3 is 1. The lowest BCUT2D eigenvalue weighted by Crippen LogP contribution is -2.49. The molecule has 0 radical (unpaired) electrons. The summed E-state index contributed by atoms with van der Waals surface area (Å²) in [4.78, 5) is 27.2. The van der Waals surface area contributed by atoms with E-state index in [0.717, 1.165) is 17.7 Å². The molecular weight excluding hydrogens is 541 g/mol. The molecule has 0 saturated heterocycles. The molecule has 0 unspecified atom stereocenters. The van der Waals surface area contributed by atoms with E-state index in [1.807, 2.05) is 0 Å². The fraction of sp³-hybridized carbons (Fsp3) is 0.286. The molecule has 40 heavy (non-hydrogen) atoms. The summed E-state index contributed by atoms with van der Waals surface area (Å²) < 4.78 is 51.5. The summed E-state index contributed by atoms with van der Waals surface area (Å²) in [5, 5.41) is 11.7. The molecule has 3 N–H and O–H groups in total. The summed E-state index contributed by atoms with van der Waals surface area (Å²) in [7, 11) is -2.38. The van der Waals surface area contributed by atoms with E-state index in [-0.39, 0.29) is 41.9 Å². The maximum atomic E-state index is 13.2. The average molecular weight is 574 g/mol. The van der Waals surface area contributed by atoms with Crippen molar-refractivity contribution in [1.29, 1.82) is 0 Å². The summed E-state index contributed by atoms with van der Waals surface area (Å²) in [6.45, 7) is 1.53. The van der Waals surface area contributed by atoms with Crippen LogP contribution in [0.15, 0.2) is 77.7 Å². The number of amides is 2. The van der Waals surface area contributed by atoms with E-state index in [9.17, 15) is 22.4 Å². The number of nitrogens with one attached hydrogen (secondary N) is 2. The number of sulfonamides is 1. The molecule has 3 aromatic rings. The molecule has 3 aromatic carbocycles. The molecule has 1 atom stereocenters. The Labute approximate surface area is 232 Å². The number of benzene rings is 3. The zero-order valence-corrected chi connectivity index (χ0v) is 23.0. The number of aliphatic hydroxyl groups is 1. The monoisotopic (exact) mass is 573 g/mol. The van der Waals surface area contributed by atoms with Gasteiger partial charge in [0, 0.05) is 25.4 Å². The number of ether oxygens (including phenoxy) is 2. The predicted octanol–water partition coefficient (Wildman–Crippen LogP) is 2.93. The molecule has 0 bridgehead atoms. The third-order valence-corrected chi connectivity index (χ3v) is 7.30. The minimum atomic E-state index is -3.93. The van der Waals surface area contributed by atoms with Gasteiger partial charge in [-0.15, -0.1) is 0 Å². The molecule has 0 aliphatic carbocycles. The topological polar surface area (TPSA) is 134 Å². The quantitative estimate of drug-likeness (QED) is 0.253. The zero-order chi connectivity index (χ0) is 29.1. The van der Waals surface area contributed by atoms with Gasteiger partial charge in [0.2, 0.25) is 5.91 Å². The van der Waals surface area contributed by atoms with E-state index >= 15 is 0 Å². The summed E-state index contributed by atoms with van der Waals surface area (Å²) in [5.41, 5.74) is 0.978. The fourth-order valence-electron chi connectivity index (χ4n) is 3.62. The normalized spacial score (nSPS) is 11.8. The highest BCUT2D eigenvalue weighted by Crippen LogP contribution is 2.20. The van der Waals surface area contributed by atoms with Crippen molar-refractivity contribution in [1.82, 2.24) is 10.2 Å². The van der Waals surface area contributed by atoms with Gasteiger partial charge in [-0.05, 0) is 79.6 Å². The summed E-state index contributed by atoms with van der Waals surface area (Å²) in [6.07, 6.45) is 0.388. The van der Waals surface area contributed by atoms with Crippen molar-refractivity contribution in [3.63, 3.8) is 0 Å². The Morgan fingerprint density at radius 2 is 1.60 bits per heavy atom. The molecule has 0 aliphatic heterocycles. The standard InChI is InChI=1S/C28H32FN3O7S/c1-20(28(35)30-16-3-17-33)32(18-21-4-10-24(38-2)11-5-21)27(34)19-39-25-12-14-26(15-13-25)40(36,37)31-23-8-6-22(29)7-9-23/h4-15,20,31,33H,3,16-19H2,1-2H3,(H,30,35)/t20-/m1/s1. The highest BCUT2D eigenvalue weighted by molar-refractivity contribution is 7.92. The number of rotatable bonds is 14. The molecule has 2 amide bonds. The van der Waals surface area contributed by atoms with Gasteiger partial charge in [0.05, 0.1) is 12.0 Å². The van der Waals surface area contributed by atoms with Crippen LogP contribution in [0, 0.1) is 5.82 Å². The molecule has 0 aromatic heterocycles. The Morgan fingerprint density at radius 1 is 0.975 bits per heavy atom. The SMILES string of the molecule is COc1ccc(CN(C(=O)COc2ccc(S(=O)(=O)Nc3ccc(F)cc3)cc2)[C@H](C)C(=O)NCCCO)cc1. The Balaban J connectivity index is 1.67. The first kappa shape index (κ1) is 30.4. The number of hydrogen-bond acceptors (Lipinski definition) is 7. The maximum Gasteiger partial charge on any atom is 0.261 e. The van der Waals surface area contributed by atoms with Crippen molar-refractivity contribution < 1.29 is 37.0 Å². The Bertz CT molecular complexity index is 1370. The highest BCUT2D eigenvalue weighted by atomic mass is 32.2. The number of halogens is 1. The van der Waals surface area contributed by atoms with Gasteiger partial charge in [0.1, 0.15) is 23.4 Å². The van der Waals surface area contributed by atoms with Crippen molar-refractivity contribution in [2.75, 3.05) is 31.6 Å². The summed E-state index contributed by atoms with van der Waals surface area (Å²) >= 11 is 0. The van der Waals surface area contributed by atoms with E-state index in [1.165, 1.54) is 41.3 Å². The van der Waals surface area contributed by atoms with Crippen LogP contribution in [-0.2, 0) is 26.2 Å². The van der Waals surface area contributed by atoms with Crippen molar-refractivity contribution >= 4 is 27.5 Å². The first-order chi connectivity index (χ1) is 19.1. The Hall–Kier alpha value is -4.16. The third kappa shape index (κ3) is 8.68. The number of carbonyl (C=O) groups excluding carboxylic acids is 2. The predicted molar refractivity (Wildman–Crippen MR) is 147 cm³/mol. The van der Waals surface area contributed by atoms with Gasteiger partial charge in [-0.1, -0.05) is 12.1 Å². The van der Waals surface area contributed by atoms with Crippen molar-refractivity contribution in [2.45, 2.75) is 30.8 Å². The smallest absolute Gasteiger partial charge is 0.261 e. The lowest BCUT2D eigenvalue weighted by Gasteiger charge is -2.28. The number of carbonyl (C=O) groups is 2. The second-order valence-corrected chi connectivity index (χ2v) is 10.5. The molecular formula is C28H32FN3O7S. The molecule has 0 aliphatic rings. The first-order valence-electron chi connectivity index (χ1n) is 12.4. The van der Waals surface area contributed by atoms with Crippen molar-refractivity contribution in [2.24, 2.45) is 0 Å². The molecule has 0 fully saturated rings. The highest BCUT2D eigenvalue weighted by Gasteiger charge is 2.26. The lowest BCUT2D eigenvalue weighted by atomic mass is 10.1. The van der Waals surface area contributed by atoms with Crippen LogP contribution in [0.5, 0.6) is 11.5 Å². The van der Waals surface area contributed by atoms with Gasteiger partial charge in [0.15, 0.2) is 6.61 Å². The molecule has 0 saturated carbocycles. The number of anilines is 1. The van der Waals surface area contributed by atoms with Crippen molar-refractivity contribution in [3.8, 4) is 11.5 Å². The van der Waals surface area contributed by atoms with Crippen LogP contribution in [0.4, 0.5) is 10.1 Å². The van der Waals surface area contributed by atoms with Gasteiger partial charge in [0.25, 0.3) is 15.9 Å². The Morgan fingerprint density at radius 3 is 2.20 bits per heavy atom. The third-order valence-electron chi connectivity index (χ3n) is 5.91. The molecule has 0 spiro atoms. The van der Waals surface area contributed by atoms with Crippen LogP contribution < -0.4 is 19.5 Å². The second kappa shape index (κ2) is 14.3. The van der Waals surface area contributed by atoms with Crippen LogP contribution in [0.1, 0.15) is 18.9 Å². The van der Waals surface area contributed by atoms with Gasteiger partial charge in [-0.2, -0.15) is 0 Å². The van der Waals surface area contributed by atoms with Crippen molar-refractivity contribution in [3.05, 3.63) is 84.2 Å². The van der Waals surface area contributed by atoms with Gasteiger partial charge < -0.3 is 24.8 Å². The average Bonchev–Trinajstić information content (AvgIpc) is 2.96. The van der Waals surface area contributed by atoms with E-state index in [1.54, 1.807) is 38.3 Å². The summed E-state index contributed by atoms with van der Waals surface area (Å²) in [6, 6.07) is 16.6. The molecule has 214 valence electrons. The van der Waals surface area contributed by atoms with Crippen LogP contribution in [-0.4, -0.2) is 63.1 Å². The fourth-order valence-corrected chi connectivity index (χ4v) is 4.68. The van der Waals surface area contributed by atoms with E-state index in [2.05, 4.69) is 10.0 Å². The maximum absolute atomic E-state index is 13.2. The van der Waals surface area contributed by atoms with E-state index in [0.29, 0.717) is 12.2 Å². The van der Waals surface area contributed by atoms with E-state index in [4.69, 9.17) is 14.6 Å². The second-order valence-electron chi connectivity index (χ2n) is 8.79. The number of aliphatic hydroxyl groups excluding tert-OH is 1. The Kier molecular flexibility index (Phi) is 10.9. The van der Waals surface area contributed by atoms with Gasteiger partial charge in [-0.25, -0.2) is 12.8 Å². The number of hydrogen-bond donors (Lipinski definition) is 3. The minimum Gasteiger partial charge on any atom is -0.497 e. The molecule has 10 nitrogen and oxygen atoms in total. The summed E-state index contributed by atoms with van der Waals surface area (Å²) in [5.74, 6) is -0.427. The van der Waals surface area contributed by atoms with Gasteiger partial charge in [-0.3, -0.25) is 14.3 Å². The lowest BCUT2D eigenvalue weighted by molar-refractivity contribution is -0.142. The molecule has 3 rings (SSSR count). The van der Waals surface area contributed by atoms with Crippen LogP contribution in [0.3, 0.4) is 0 Å². The molecule has 12 heteroatoms.